The van der Waals surface area contributed by atoms with Crippen molar-refractivity contribution in [2.45, 2.75) is 13.8 Å². The van der Waals surface area contributed by atoms with Gasteiger partial charge in [-0.2, -0.15) is 4.80 Å². The molecule has 0 radical (unpaired) electrons. The number of nitrogens with one attached hydrogen (secondary N) is 1. The molecule has 5 nitrogen and oxygen atoms in total. The molecule has 0 saturated carbocycles. The lowest BCUT2D eigenvalue weighted by atomic mass is 10.1. The Hall–Kier alpha value is -3.47. The number of fused-ring (bicyclic) bond motifs is 1. The predicted octanol–water partition coefficient (Wildman–Crippen LogP) is 4.29. The van der Waals surface area contributed by atoms with Crippen molar-refractivity contribution in [1.29, 1.82) is 0 Å². The zero-order chi connectivity index (χ0) is 18.1. The third-order valence-corrected chi connectivity index (χ3v) is 4.39. The number of amides is 1. The van der Waals surface area contributed by atoms with Gasteiger partial charge in [0.05, 0.1) is 5.69 Å². The van der Waals surface area contributed by atoms with Gasteiger partial charge < -0.3 is 5.32 Å². The summed E-state index contributed by atoms with van der Waals surface area (Å²) < 4.78 is 0. The number of carbonyl (C=O) groups is 1. The summed E-state index contributed by atoms with van der Waals surface area (Å²) in [4.78, 5) is 14.1. The Kier molecular flexibility index (Phi) is 3.97. The SMILES string of the molecule is Cc1ccc(C(=O)Nc2ccc3nn(-c4ccccc4)nc3c2)cc1C. The molecule has 26 heavy (non-hydrogen) atoms. The Balaban J connectivity index is 1.61. The van der Waals surface area contributed by atoms with Crippen molar-refractivity contribution in [3.05, 3.63) is 83.4 Å². The van der Waals surface area contributed by atoms with Crippen LogP contribution >= 0.6 is 0 Å². The van der Waals surface area contributed by atoms with Crippen molar-refractivity contribution in [3.8, 4) is 5.69 Å². The average Bonchev–Trinajstić information content (AvgIpc) is 3.08. The molecule has 1 N–H and O–H groups in total. The van der Waals surface area contributed by atoms with Gasteiger partial charge in [0, 0.05) is 11.3 Å². The first-order valence-electron chi connectivity index (χ1n) is 8.41. The third-order valence-electron chi connectivity index (χ3n) is 4.39. The van der Waals surface area contributed by atoms with Crippen molar-refractivity contribution in [1.82, 2.24) is 15.0 Å². The highest BCUT2D eigenvalue weighted by molar-refractivity contribution is 6.05. The molecule has 0 aliphatic carbocycles. The van der Waals surface area contributed by atoms with E-state index in [9.17, 15) is 4.79 Å². The van der Waals surface area contributed by atoms with Crippen LogP contribution in [0.5, 0.6) is 0 Å². The molecule has 1 heterocycles. The first kappa shape index (κ1) is 16.0. The van der Waals surface area contributed by atoms with E-state index in [1.165, 1.54) is 5.56 Å². The molecule has 5 heteroatoms. The Morgan fingerprint density at radius 2 is 1.62 bits per heavy atom. The summed E-state index contributed by atoms with van der Waals surface area (Å²) in [6.45, 7) is 4.03. The lowest BCUT2D eigenvalue weighted by molar-refractivity contribution is 0.102. The maximum atomic E-state index is 12.5. The molecule has 0 saturated heterocycles. The van der Waals surface area contributed by atoms with E-state index in [0.717, 1.165) is 22.3 Å². The maximum Gasteiger partial charge on any atom is 0.255 e. The van der Waals surface area contributed by atoms with Crippen LogP contribution in [0.4, 0.5) is 5.69 Å². The van der Waals surface area contributed by atoms with Gasteiger partial charge in [0.1, 0.15) is 11.0 Å². The number of hydrogen-bond donors (Lipinski definition) is 1. The second-order valence-electron chi connectivity index (χ2n) is 6.28. The molecule has 128 valence electrons. The minimum atomic E-state index is -0.136. The Labute approximate surface area is 151 Å². The first-order chi connectivity index (χ1) is 12.6. The van der Waals surface area contributed by atoms with Crippen molar-refractivity contribution in [2.24, 2.45) is 0 Å². The van der Waals surface area contributed by atoms with E-state index in [2.05, 4.69) is 15.5 Å². The van der Waals surface area contributed by atoms with Crippen molar-refractivity contribution >= 4 is 22.6 Å². The summed E-state index contributed by atoms with van der Waals surface area (Å²) in [7, 11) is 0. The van der Waals surface area contributed by atoms with Gasteiger partial charge in [0.2, 0.25) is 0 Å². The zero-order valence-electron chi connectivity index (χ0n) is 14.6. The van der Waals surface area contributed by atoms with Crippen LogP contribution in [-0.4, -0.2) is 20.9 Å². The monoisotopic (exact) mass is 342 g/mol. The molecule has 0 spiro atoms. The molecular formula is C21H18N4O. The molecule has 0 aliphatic heterocycles. The molecule has 0 fully saturated rings. The number of nitrogens with zero attached hydrogens (tertiary/aromatic N) is 3. The second kappa shape index (κ2) is 6.44. The van der Waals surface area contributed by atoms with Gasteiger partial charge in [-0.3, -0.25) is 4.79 Å². The summed E-state index contributed by atoms with van der Waals surface area (Å²) in [6, 6.07) is 21.0. The highest BCUT2D eigenvalue weighted by Crippen LogP contribution is 2.19. The van der Waals surface area contributed by atoms with E-state index in [1.54, 1.807) is 4.80 Å². The van der Waals surface area contributed by atoms with E-state index in [-0.39, 0.29) is 5.91 Å². The number of rotatable bonds is 3. The van der Waals surface area contributed by atoms with Crippen LogP contribution < -0.4 is 5.32 Å². The number of hydrogen-bond acceptors (Lipinski definition) is 3. The van der Waals surface area contributed by atoms with Gasteiger partial charge in [-0.25, -0.2) is 0 Å². The summed E-state index contributed by atoms with van der Waals surface area (Å²) >= 11 is 0. The standard InChI is InChI=1S/C21H18N4O/c1-14-8-9-16(12-15(14)2)21(26)22-17-10-11-19-20(13-17)24-25(23-19)18-6-4-3-5-7-18/h3-13H,1-2H3,(H,22,26). The molecule has 1 aromatic heterocycles. The fraction of sp³-hybridized carbons (Fsp3) is 0.0952. The van der Waals surface area contributed by atoms with E-state index in [1.807, 2.05) is 80.6 Å². The normalized spacial score (nSPS) is 10.8. The van der Waals surface area contributed by atoms with Crippen LogP contribution in [0.1, 0.15) is 21.5 Å². The lowest BCUT2D eigenvalue weighted by Gasteiger charge is -2.07. The van der Waals surface area contributed by atoms with Crippen molar-refractivity contribution in [2.75, 3.05) is 5.32 Å². The maximum absolute atomic E-state index is 12.5. The van der Waals surface area contributed by atoms with Crippen LogP contribution in [0, 0.1) is 13.8 Å². The Morgan fingerprint density at radius 1 is 0.846 bits per heavy atom. The van der Waals surface area contributed by atoms with E-state index >= 15 is 0 Å². The van der Waals surface area contributed by atoms with Gasteiger partial charge in [-0.05, 0) is 67.4 Å². The highest BCUT2D eigenvalue weighted by atomic mass is 16.1. The lowest BCUT2D eigenvalue weighted by Crippen LogP contribution is -2.12. The summed E-state index contributed by atoms with van der Waals surface area (Å²) in [5.74, 6) is -0.136. The second-order valence-corrected chi connectivity index (χ2v) is 6.28. The fourth-order valence-electron chi connectivity index (χ4n) is 2.76. The Bertz CT molecular complexity index is 1100. The summed E-state index contributed by atoms with van der Waals surface area (Å²) in [5, 5.41) is 11.9. The quantitative estimate of drug-likeness (QED) is 0.604. The molecule has 0 aliphatic rings. The predicted molar refractivity (Wildman–Crippen MR) is 103 cm³/mol. The van der Waals surface area contributed by atoms with Crippen LogP contribution in [0.15, 0.2) is 66.7 Å². The van der Waals surface area contributed by atoms with Crippen LogP contribution in [0.2, 0.25) is 0 Å². The topological polar surface area (TPSA) is 59.8 Å². The number of aryl methyl sites for hydroxylation is 2. The van der Waals surface area contributed by atoms with Crippen LogP contribution in [0.25, 0.3) is 16.7 Å². The largest absolute Gasteiger partial charge is 0.322 e. The van der Waals surface area contributed by atoms with Gasteiger partial charge in [-0.1, -0.05) is 24.3 Å². The number of para-hydroxylation sites is 1. The molecule has 1 amide bonds. The van der Waals surface area contributed by atoms with Gasteiger partial charge in [0.25, 0.3) is 5.91 Å². The smallest absolute Gasteiger partial charge is 0.255 e. The Morgan fingerprint density at radius 3 is 2.38 bits per heavy atom. The molecule has 4 aromatic rings. The van der Waals surface area contributed by atoms with Gasteiger partial charge in [-0.15, -0.1) is 10.2 Å². The zero-order valence-corrected chi connectivity index (χ0v) is 14.6. The number of aromatic nitrogens is 3. The fourth-order valence-corrected chi connectivity index (χ4v) is 2.76. The number of carbonyl (C=O) groups excluding carboxylic acids is 1. The first-order valence-corrected chi connectivity index (χ1v) is 8.41. The minimum absolute atomic E-state index is 0.136. The number of benzene rings is 3. The molecular weight excluding hydrogens is 324 g/mol. The number of anilines is 1. The van der Waals surface area contributed by atoms with Crippen LogP contribution in [0.3, 0.4) is 0 Å². The molecule has 0 atom stereocenters. The van der Waals surface area contributed by atoms with Crippen LogP contribution in [-0.2, 0) is 0 Å². The molecule has 3 aromatic carbocycles. The molecule has 0 bridgehead atoms. The van der Waals surface area contributed by atoms with Gasteiger partial charge in [0.15, 0.2) is 0 Å². The molecule has 0 unspecified atom stereocenters. The summed E-state index contributed by atoms with van der Waals surface area (Å²) in [6.07, 6.45) is 0. The molecule has 4 rings (SSSR count). The van der Waals surface area contributed by atoms with Crippen molar-refractivity contribution < 1.29 is 4.79 Å². The van der Waals surface area contributed by atoms with E-state index in [4.69, 9.17) is 0 Å². The van der Waals surface area contributed by atoms with E-state index in [0.29, 0.717) is 11.3 Å². The minimum Gasteiger partial charge on any atom is -0.322 e. The van der Waals surface area contributed by atoms with Crippen molar-refractivity contribution in [3.63, 3.8) is 0 Å². The van der Waals surface area contributed by atoms with E-state index < -0.39 is 0 Å². The third kappa shape index (κ3) is 3.07. The highest BCUT2D eigenvalue weighted by Gasteiger charge is 2.10. The average molecular weight is 342 g/mol. The van der Waals surface area contributed by atoms with Gasteiger partial charge >= 0.3 is 0 Å². The summed E-state index contributed by atoms with van der Waals surface area (Å²) in [5.41, 5.74) is 6.00.